The molecular weight excluding hydrogens is 410 g/mol. The van der Waals surface area contributed by atoms with E-state index in [9.17, 15) is 4.79 Å². The Hall–Kier alpha value is -4.45. The highest BCUT2D eigenvalue weighted by atomic mass is 16.1. The molecule has 0 atom stereocenters. The Morgan fingerprint density at radius 3 is 2.03 bits per heavy atom. The van der Waals surface area contributed by atoms with Crippen molar-refractivity contribution in [2.45, 2.75) is 6.92 Å². The summed E-state index contributed by atoms with van der Waals surface area (Å²) in [6.45, 7) is 1.90. The van der Waals surface area contributed by atoms with E-state index in [0.29, 0.717) is 5.69 Å². The summed E-state index contributed by atoms with van der Waals surface area (Å²) in [6.07, 6.45) is 3.67. The maximum Gasteiger partial charge on any atom is 0.297 e. The summed E-state index contributed by atoms with van der Waals surface area (Å²) >= 11 is 0. The minimum atomic E-state index is -0.158. The molecule has 162 valence electrons. The predicted octanol–water partition coefficient (Wildman–Crippen LogP) is 5.09. The van der Waals surface area contributed by atoms with Gasteiger partial charge in [0.1, 0.15) is 5.69 Å². The summed E-state index contributed by atoms with van der Waals surface area (Å²) in [4.78, 5) is 17.9. The van der Waals surface area contributed by atoms with Gasteiger partial charge in [-0.15, -0.1) is 0 Å². The molecule has 33 heavy (non-hydrogen) atoms. The monoisotopic (exact) mass is 433 g/mol. The van der Waals surface area contributed by atoms with E-state index < -0.39 is 0 Å². The first-order valence-corrected chi connectivity index (χ1v) is 10.7. The van der Waals surface area contributed by atoms with Crippen LogP contribution < -0.4 is 5.56 Å². The Morgan fingerprint density at radius 1 is 0.818 bits per heavy atom. The Kier molecular flexibility index (Phi) is 5.32. The summed E-state index contributed by atoms with van der Waals surface area (Å²) < 4.78 is 5.30. The van der Waals surface area contributed by atoms with Crippen LogP contribution in [0.15, 0.2) is 107 Å². The van der Waals surface area contributed by atoms with Crippen molar-refractivity contribution in [3.63, 3.8) is 0 Å². The molecule has 0 radical (unpaired) electrons. The fraction of sp³-hybridized carbons (Fsp3) is 0.0741. The zero-order valence-electron chi connectivity index (χ0n) is 18.5. The van der Waals surface area contributed by atoms with Crippen LogP contribution in [0.4, 0.5) is 5.69 Å². The molecule has 3 aromatic carbocycles. The van der Waals surface area contributed by atoms with Crippen molar-refractivity contribution >= 4 is 11.9 Å². The summed E-state index contributed by atoms with van der Waals surface area (Å²) in [5, 5.41) is 4.82. The van der Waals surface area contributed by atoms with Crippen LogP contribution in [0, 0.1) is 6.92 Å². The first-order chi connectivity index (χ1) is 16.1. The molecule has 0 saturated heterocycles. The largest absolute Gasteiger partial charge is 0.297 e. The number of aliphatic imine (C=N–C) groups is 1. The molecule has 0 fully saturated rings. The zero-order valence-corrected chi connectivity index (χ0v) is 18.5. The summed E-state index contributed by atoms with van der Waals surface area (Å²) in [5.41, 5.74) is 5.42. The molecule has 5 rings (SSSR count). The maximum absolute atomic E-state index is 13.2. The maximum atomic E-state index is 13.2. The fourth-order valence-corrected chi connectivity index (χ4v) is 3.85. The second kappa shape index (κ2) is 8.59. The van der Waals surface area contributed by atoms with Crippen LogP contribution in [-0.2, 0) is 7.05 Å². The van der Waals surface area contributed by atoms with Crippen LogP contribution in [0.3, 0.4) is 0 Å². The van der Waals surface area contributed by atoms with Crippen molar-refractivity contribution in [3.05, 3.63) is 119 Å². The number of hydrogen-bond acceptors (Lipinski definition) is 3. The molecule has 0 N–H and O–H groups in total. The average molecular weight is 434 g/mol. The van der Waals surface area contributed by atoms with Crippen LogP contribution >= 0.6 is 0 Å². The highest BCUT2D eigenvalue weighted by Crippen LogP contribution is 2.24. The van der Waals surface area contributed by atoms with E-state index in [2.05, 4.69) is 4.99 Å². The van der Waals surface area contributed by atoms with Gasteiger partial charge in [0.05, 0.1) is 17.1 Å². The average Bonchev–Trinajstić information content (AvgIpc) is 3.38. The molecule has 6 nitrogen and oxygen atoms in total. The third-order valence-corrected chi connectivity index (χ3v) is 5.67. The van der Waals surface area contributed by atoms with Gasteiger partial charge in [0.15, 0.2) is 5.69 Å². The number of aromatic nitrogens is 4. The van der Waals surface area contributed by atoms with Gasteiger partial charge in [-0.05, 0) is 31.2 Å². The standard InChI is InChI=1S/C27H23N5O/c1-20-25(27(33)32(30(20)2)24-16-10-5-11-17-24)28-18-22-19-31(23-14-8-4-9-15-23)29-26(22)21-12-6-3-7-13-21/h3-19H,1-2H3. The van der Waals surface area contributed by atoms with Gasteiger partial charge in [-0.25, -0.2) is 14.4 Å². The van der Waals surface area contributed by atoms with Gasteiger partial charge in [0.2, 0.25) is 0 Å². The summed E-state index contributed by atoms with van der Waals surface area (Å²) in [5.74, 6) is 0. The minimum Gasteiger partial charge on any atom is -0.283 e. The van der Waals surface area contributed by atoms with Crippen molar-refractivity contribution in [2.24, 2.45) is 12.0 Å². The second-order valence-electron chi connectivity index (χ2n) is 7.75. The first kappa shape index (κ1) is 20.5. The number of nitrogens with zero attached hydrogens (tertiary/aromatic N) is 5. The van der Waals surface area contributed by atoms with Crippen LogP contribution in [0.2, 0.25) is 0 Å². The molecule has 0 aliphatic carbocycles. The van der Waals surface area contributed by atoms with Crippen LogP contribution in [-0.4, -0.2) is 25.4 Å². The van der Waals surface area contributed by atoms with Gasteiger partial charge in [0, 0.05) is 30.6 Å². The van der Waals surface area contributed by atoms with Gasteiger partial charge in [-0.3, -0.25) is 9.48 Å². The molecule has 0 aliphatic heterocycles. The molecule has 0 saturated carbocycles. The van der Waals surface area contributed by atoms with E-state index in [1.165, 1.54) is 0 Å². The number of hydrogen-bond donors (Lipinski definition) is 0. The highest BCUT2D eigenvalue weighted by Gasteiger charge is 2.16. The van der Waals surface area contributed by atoms with Crippen molar-refractivity contribution < 1.29 is 0 Å². The third-order valence-electron chi connectivity index (χ3n) is 5.67. The van der Waals surface area contributed by atoms with Crippen molar-refractivity contribution in [3.8, 4) is 22.6 Å². The lowest BCUT2D eigenvalue weighted by molar-refractivity contribution is 0.630. The Morgan fingerprint density at radius 2 is 1.39 bits per heavy atom. The van der Waals surface area contributed by atoms with Gasteiger partial charge in [-0.2, -0.15) is 5.10 Å². The highest BCUT2D eigenvalue weighted by molar-refractivity contribution is 5.90. The number of benzene rings is 3. The number of rotatable bonds is 5. The molecule has 2 heterocycles. The number of para-hydroxylation sites is 2. The first-order valence-electron chi connectivity index (χ1n) is 10.7. The van der Waals surface area contributed by atoms with E-state index in [1.807, 2.05) is 121 Å². The third kappa shape index (κ3) is 3.83. The fourth-order valence-electron chi connectivity index (χ4n) is 3.85. The lowest BCUT2D eigenvalue weighted by atomic mass is 10.1. The van der Waals surface area contributed by atoms with Crippen molar-refractivity contribution in [1.29, 1.82) is 0 Å². The Labute approximate surface area is 191 Å². The Bertz CT molecular complexity index is 1480. The lowest BCUT2D eigenvalue weighted by Gasteiger charge is -2.07. The molecule has 6 heteroatoms. The van der Waals surface area contributed by atoms with Crippen molar-refractivity contribution in [1.82, 2.24) is 19.1 Å². The van der Waals surface area contributed by atoms with Crippen LogP contribution in [0.25, 0.3) is 22.6 Å². The predicted molar refractivity (Wildman–Crippen MR) is 132 cm³/mol. The van der Waals surface area contributed by atoms with E-state index in [1.54, 1.807) is 10.9 Å². The topological polar surface area (TPSA) is 57.1 Å². The van der Waals surface area contributed by atoms with Gasteiger partial charge in [0.25, 0.3) is 5.56 Å². The van der Waals surface area contributed by atoms with Gasteiger partial charge >= 0.3 is 0 Å². The molecule has 5 aromatic rings. The van der Waals surface area contributed by atoms with Crippen LogP contribution in [0.1, 0.15) is 11.3 Å². The van der Waals surface area contributed by atoms with Crippen molar-refractivity contribution in [2.75, 3.05) is 0 Å². The lowest BCUT2D eigenvalue weighted by Crippen LogP contribution is -2.19. The zero-order chi connectivity index (χ0) is 22.8. The molecule has 2 aromatic heterocycles. The quantitative estimate of drug-likeness (QED) is 0.363. The summed E-state index contributed by atoms with van der Waals surface area (Å²) in [7, 11) is 1.87. The Balaban J connectivity index is 1.61. The molecule has 0 aliphatic rings. The van der Waals surface area contributed by atoms with E-state index in [0.717, 1.165) is 33.9 Å². The molecule has 0 amide bonds. The molecule has 0 spiro atoms. The van der Waals surface area contributed by atoms with E-state index in [4.69, 9.17) is 5.10 Å². The van der Waals surface area contributed by atoms with E-state index in [-0.39, 0.29) is 5.56 Å². The normalized spacial score (nSPS) is 11.3. The van der Waals surface area contributed by atoms with E-state index >= 15 is 0 Å². The van der Waals surface area contributed by atoms with Crippen LogP contribution in [0.5, 0.6) is 0 Å². The van der Waals surface area contributed by atoms with Gasteiger partial charge in [-0.1, -0.05) is 66.7 Å². The second-order valence-corrected chi connectivity index (χ2v) is 7.75. The molecular formula is C27H23N5O. The molecule has 0 bridgehead atoms. The SMILES string of the molecule is Cc1c(N=Cc2cn(-c3ccccc3)nc2-c2ccccc2)c(=O)n(-c2ccccc2)n1C. The smallest absolute Gasteiger partial charge is 0.283 e. The summed E-state index contributed by atoms with van der Waals surface area (Å²) in [6, 6.07) is 29.5. The van der Waals surface area contributed by atoms with Gasteiger partial charge < -0.3 is 0 Å². The minimum absolute atomic E-state index is 0.158. The molecule has 0 unspecified atom stereocenters.